The summed E-state index contributed by atoms with van der Waals surface area (Å²) in [5.74, 6) is 0. The summed E-state index contributed by atoms with van der Waals surface area (Å²) in [7, 11) is 0. The molecule has 0 radical (unpaired) electrons. The number of carboxylic acid groups (broad SMARTS) is 1. The number of anilines is 1. The van der Waals surface area contributed by atoms with Crippen molar-refractivity contribution in [2.45, 2.75) is 6.42 Å². The van der Waals surface area contributed by atoms with Crippen LogP contribution in [0.3, 0.4) is 0 Å². The van der Waals surface area contributed by atoms with Gasteiger partial charge in [0, 0.05) is 24.9 Å². The van der Waals surface area contributed by atoms with Crippen LogP contribution in [-0.4, -0.2) is 41.0 Å². The monoisotopic (exact) mass is 231 g/mol. The number of aliphatic hydroxyl groups is 1. The van der Waals surface area contributed by atoms with Crippen molar-refractivity contribution in [3.63, 3.8) is 0 Å². The van der Waals surface area contributed by atoms with Crippen LogP contribution in [0.25, 0.3) is 0 Å². The average molecular weight is 231 g/mol. The van der Waals surface area contributed by atoms with E-state index in [1.807, 2.05) is 5.38 Å². The molecule has 0 aliphatic carbocycles. The van der Waals surface area contributed by atoms with Crippen LogP contribution in [-0.2, 0) is 6.42 Å². The molecule has 1 aromatic heterocycles. The first kappa shape index (κ1) is 11.9. The molecular formula is C8H13N3O3S. The van der Waals surface area contributed by atoms with Gasteiger partial charge in [0.25, 0.3) is 0 Å². The highest BCUT2D eigenvalue weighted by molar-refractivity contribution is 7.13. The number of hydrogen-bond acceptors (Lipinski definition) is 5. The van der Waals surface area contributed by atoms with Gasteiger partial charge >= 0.3 is 6.09 Å². The first-order valence-electron chi connectivity index (χ1n) is 4.48. The molecule has 0 spiro atoms. The van der Waals surface area contributed by atoms with Gasteiger partial charge in [-0.15, -0.1) is 11.3 Å². The lowest BCUT2D eigenvalue weighted by Crippen LogP contribution is -2.20. The van der Waals surface area contributed by atoms with E-state index in [0.717, 1.165) is 18.7 Å². The largest absolute Gasteiger partial charge is 0.465 e. The van der Waals surface area contributed by atoms with Gasteiger partial charge in [0.2, 0.25) is 0 Å². The maximum absolute atomic E-state index is 10.3. The lowest BCUT2D eigenvalue weighted by Gasteiger charge is -1.99. The molecule has 0 atom stereocenters. The quantitative estimate of drug-likeness (QED) is 0.530. The Bertz CT molecular complexity index is 316. The van der Waals surface area contributed by atoms with Crippen LogP contribution in [0.2, 0.25) is 0 Å². The Morgan fingerprint density at radius 3 is 3.00 bits per heavy atom. The van der Waals surface area contributed by atoms with Crippen molar-refractivity contribution in [2.24, 2.45) is 0 Å². The summed E-state index contributed by atoms with van der Waals surface area (Å²) in [6, 6.07) is 0. The highest BCUT2D eigenvalue weighted by Gasteiger charge is 2.03. The minimum atomic E-state index is -1.10. The maximum atomic E-state index is 10.3. The molecule has 0 saturated carbocycles. The Labute approximate surface area is 91.0 Å². The number of aromatic nitrogens is 1. The van der Waals surface area contributed by atoms with Crippen molar-refractivity contribution < 1.29 is 15.0 Å². The normalized spacial score (nSPS) is 10.2. The van der Waals surface area contributed by atoms with Crippen LogP contribution in [0.4, 0.5) is 9.93 Å². The van der Waals surface area contributed by atoms with E-state index in [9.17, 15) is 4.79 Å². The lowest BCUT2D eigenvalue weighted by atomic mass is 10.3. The Hall–Kier alpha value is -1.18. The summed E-state index contributed by atoms with van der Waals surface area (Å²) in [6.07, 6.45) is -0.382. The maximum Gasteiger partial charge on any atom is 0.410 e. The third-order valence-electron chi connectivity index (χ3n) is 1.61. The first-order chi connectivity index (χ1) is 7.22. The molecule has 0 aromatic carbocycles. The van der Waals surface area contributed by atoms with Crippen molar-refractivity contribution in [2.75, 3.05) is 25.0 Å². The predicted octanol–water partition coefficient (Wildman–Crippen LogP) is 0.357. The van der Waals surface area contributed by atoms with E-state index in [-0.39, 0.29) is 6.61 Å². The minimum Gasteiger partial charge on any atom is -0.465 e. The minimum absolute atomic E-state index is 0.114. The van der Waals surface area contributed by atoms with Crippen molar-refractivity contribution in [1.29, 1.82) is 0 Å². The summed E-state index contributed by atoms with van der Waals surface area (Å²) in [4.78, 5) is 14.4. The predicted molar refractivity (Wildman–Crippen MR) is 57.4 cm³/mol. The molecule has 84 valence electrons. The van der Waals surface area contributed by atoms with E-state index in [1.54, 1.807) is 0 Å². The van der Waals surface area contributed by atoms with Gasteiger partial charge in [0.15, 0.2) is 5.13 Å². The van der Waals surface area contributed by atoms with Crippen LogP contribution in [0.5, 0.6) is 0 Å². The third kappa shape index (κ3) is 4.73. The Balaban J connectivity index is 2.29. The SMILES string of the molecule is O=C(O)Nc1nc(CCNCCO)cs1. The zero-order chi connectivity index (χ0) is 11.1. The second-order valence-corrected chi connectivity index (χ2v) is 3.66. The molecule has 6 nitrogen and oxygen atoms in total. The second-order valence-electron chi connectivity index (χ2n) is 2.80. The van der Waals surface area contributed by atoms with Crippen molar-refractivity contribution >= 4 is 22.6 Å². The molecule has 1 aromatic rings. The Morgan fingerprint density at radius 1 is 1.53 bits per heavy atom. The highest BCUT2D eigenvalue weighted by atomic mass is 32.1. The van der Waals surface area contributed by atoms with E-state index in [0.29, 0.717) is 11.7 Å². The topological polar surface area (TPSA) is 94.5 Å². The van der Waals surface area contributed by atoms with Crippen LogP contribution in [0.1, 0.15) is 5.69 Å². The number of carbonyl (C=O) groups is 1. The molecule has 15 heavy (non-hydrogen) atoms. The number of nitrogens with zero attached hydrogens (tertiary/aromatic N) is 1. The summed E-state index contributed by atoms with van der Waals surface area (Å²) >= 11 is 1.26. The summed E-state index contributed by atoms with van der Waals surface area (Å²) < 4.78 is 0. The van der Waals surface area contributed by atoms with Gasteiger partial charge in [0.1, 0.15) is 0 Å². The molecular weight excluding hydrogens is 218 g/mol. The zero-order valence-electron chi connectivity index (χ0n) is 8.06. The van der Waals surface area contributed by atoms with E-state index in [1.165, 1.54) is 11.3 Å². The number of hydrogen-bond donors (Lipinski definition) is 4. The molecule has 0 aliphatic heterocycles. The Kier molecular flexibility index (Phi) is 5.02. The number of rotatable bonds is 6. The molecule has 4 N–H and O–H groups in total. The molecule has 0 saturated heterocycles. The number of aliphatic hydroxyl groups excluding tert-OH is 1. The van der Waals surface area contributed by atoms with E-state index in [4.69, 9.17) is 10.2 Å². The van der Waals surface area contributed by atoms with E-state index < -0.39 is 6.09 Å². The van der Waals surface area contributed by atoms with Gasteiger partial charge in [-0.3, -0.25) is 5.32 Å². The second kappa shape index (κ2) is 6.33. The summed E-state index contributed by atoms with van der Waals surface area (Å²) in [5, 5.41) is 24.4. The fraction of sp³-hybridized carbons (Fsp3) is 0.500. The zero-order valence-corrected chi connectivity index (χ0v) is 8.88. The summed E-state index contributed by atoms with van der Waals surface area (Å²) in [5.41, 5.74) is 0.842. The highest BCUT2D eigenvalue weighted by Crippen LogP contribution is 2.15. The van der Waals surface area contributed by atoms with Gasteiger partial charge in [0.05, 0.1) is 12.3 Å². The molecule has 1 heterocycles. The van der Waals surface area contributed by atoms with Gasteiger partial charge in [-0.05, 0) is 0 Å². The molecule has 0 bridgehead atoms. The van der Waals surface area contributed by atoms with Gasteiger partial charge in [-0.2, -0.15) is 0 Å². The van der Waals surface area contributed by atoms with Crippen LogP contribution in [0.15, 0.2) is 5.38 Å². The van der Waals surface area contributed by atoms with Gasteiger partial charge in [-0.25, -0.2) is 9.78 Å². The molecule has 0 fully saturated rings. The van der Waals surface area contributed by atoms with E-state index in [2.05, 4.69) is 15.6 Å². The first-order valence-corrected chi connectivity index (χ1v) is 5.36. The molecule has 1 amide bonds. The molecule has 1 rings (SSSR count). The lowest BCUT2D eigenvalue weighted by molar-refractivity contribution is 0.209. The van der Waals surface area contributed by atoms with E-state index >= 15 is 0 Å². The molecule has 0 unspecified atom stereocenters. The average Bonchev–Trinajstić information content (AvgIpc) is 2.59. The smallest absolute Gasteiger partial charge is 0.410 e. The van der Waals surface area contributed by atoms with Crippen molar-refractivity contribution in [3.05, 3.63) is 11.1 Å². The van der Waals surface area contributed by atoms with Crippen molar-refractivity contribution in [3.8, 4) is 0 Å². The van der Waals surface area contributed by atoms with Crippen LogP contribution < -0.4 is 10.6 Å². The van der Waals surface area contributed by atoms with Crippen LogP contribution in [0, 0.1) is 0 Å². The molecule has 0 aliphatic rings. The molecule has 7 heteroatoms. The fourth-order valence-electron chi connectivity index (χ4n) is 0.991. The number of amides is 1. The van der Waals surface area contributed by atoms with Crippen LogP contribution >= 0.6 is 11.3 Å². The van der Waals surface area contributed by atoms with Gasteiger partial charge < -0.3 is 15.5 Å². The number of nitrogens with one attached hydrogen (secondary N) is 2. The standard InChI is InChI=1S/C8H13N3O3S/c12-4-3-9-2-1-6-5-15-7(10-6)11-8(13)14/h5,9,12H,1-4H2,(H,10,11)(H,13,14). The van der Waals surface area contributed by atoms with Crippen molar-refractivity contribution in [1.82, 2.24) is 10.3 Å². The van der Waals surface area contributed by atoms with Gasteiger partial charge in [-0.1, -0.05) is 0 Å². The Morgan fingerprint density at radius 2 is 2.33 bits per heavy atom. The third-order valence-corrected chi connectivity index (χ3v) is 2.42. The number of thiazole rings is 1. The summed E-state index contributed by atoms with van der Waals surface area (Å²) in [6.45, 7) is 1.39. The fourth-order valence-corrected chi connectivity index (χ4v) is 1.73.